The molecular weight excluding hydrogens is 338 g/mol. The Bertz CT molecular complexity index is 1120. The van der Waals surface area contributed by atoms with E-state index in [1.54, 1.807) is 12.5 Å². The summed E-state index contributed by atoms with van der Waals surface area (Å²) in [5, 5.41) is 12.1. The summed E-state index contributed by atoms with van der Waals surface area (Å²) in [5.41, 5.74) is 5.74. The number of fused-ring (bicyclic) bond motifs is 2. The molecule has 0 bridgehead atoms. The van der Waals surface area contributed by atoms with E-state index in [0.717, 1.165) is 34.3 Å². The summed E-state index contributed by atoms with van der Waals surface area (Å²) in [4.78, 5) is 10.5. The van der Waals surface area contributed by atoms with Gasteiger partial charge in [0, 0.05) is 41.7 Å². The van der Waals surface area contributed by atoms with Gasteiger partial charge in [0.05, 0.1) is 12.0 Å². The van der Waals surface area contributed by atoms with Gasteiger partial charge in [-0.05, 0) is 48.5 Å². The van der Waals surface area contributed by atoms with E-state index in [4.69, 9.17) is 4.42 Å². The van der Waals surface area contributed by atoms with Crippen molar-refractivity contribution in [3.8, 4) is 17.0 Å². The van der Waals surface area contributed by atoms with E-state index >= 15 is 0 Å². The molecule has 1 unspecified atom stereocenters. The van der Waals surface area contributed by atoms with E-state index in [-0.39, 0.29) is 5.92 Å². The summed E-state index contributed by atoms with van der Waals surface area (Å²) < 4.78 is 5.47. The molecule has 0 spiro atoms. The van der Waals surface area contributed by atoms with Gasteiger partial charge < -0.3 is 14.4 Å². The van der Waals surface area contributed by atoms with Gasteiger partial charge in [-0.15, -0.1) is 0 Å². The number of phenolic OH excluding ortho intramolecular Hbond substituents is 1. The third kappa shape index (κ3) is 2.67. The highest BCUT2D eigenvalue weighted by molar-refractivity contribution is 5.78. The van der Waals surface area contributed by atoms with Crippen molar-refractivity contribution in [2.75, 3.05) is 13.6 Å². The number of hydrogen-bond acceptors (Lipinski definition) is 5. The van der Waals surface area contributed by atoms with E-state index in [1.165, 1.54) is 17.5 Å². The fourth-order valence-electron chi connectivity index (χ4n) is 4.03. The van der Waals surface area contributed by atoms with Gasteiger partial charge in [0.25, 0.3) is 0 Å². The molecular formula is C22H19N3O2. The molecule has 1 atom stereocenters. The Hall–Kier alpha value is -3.18. The summed E-state index contributed by atoms with van der Waals surface area (Å²) in [6.07, 6.45) is 4.91. The van der Waals surface area contributed by atoms with Crippen molar-refractivity contribution in [2.24, 2.45) is 0 Å². The smallest absolute Gasteiger partial charge is 0.133 e. The van der Waals surface area contributed by atoms with E-state index in [0.29, 0.717) is 12.3 Å². The highest BCUT2D eigenvalue weighted by Gasteiger charge is 2.28. The van der Waals surface area contributed by atoms with Gasteiger partial charge in [0.2, 0.25) is 0 Å². The van der Waals surface area contributed by atoms with Crippen molar-refractivity contribution in [2.45, 2.75) is 12.5 Å². The number of nitrogens with zero attached hydrogens (tertiary/aromatic N) is 3. The Morgan fingerprint density at radius 1 is 1.15 bits per heavy atom. The zero-order chi connectivity index (χ0) is 18.4. The molecule has 1 aliphatic heterocycles. The average molecular weight is 357 g/mol. The van der Waals surface area contributed by atoms with Crippen molar-refractivity contribution >= 4 is 11.0 Å². The number of aromatic nitrogens is 2. The fourth-order valence-corrected chi connectivity index (χ4v) is 4.03. The largest absolute Gasteiger partial charge is 0.507 e. The van der Waals surface area contributed by atoms with Crippen LogP contribution in [-0.4, -0.2) is 33.6 Å². The summed E-state index contributed by atoms with van der Waals surface area (Å²) in [7, 11) is 2.09. The van der Waals surface area contributed by atoms with Crippen molar-refractivity contribution in [3.63, 3.8) is 0 Å². The highest BCUT2D eigenvalue weighted by atomic mass is 16.3. The van der Waals surface area contributed by atoms with Crippen LogP contribution in [0.4, 0.5) is 0 Å². The first-order chi connectivity index (χ1) is 13.2. The first-order valence-corrected chi connectivity index (χ1v) is 8.97. The van der Waals surface area contributed by atoms with E-state index in [9.17, 15) is 5.11 Å². The van der Waals surface area contributed by atoms with E-state index in [2.05, 4.69) is 40.1 Å². The maximum absolute atomic E-state index is 11.0. The SMILES string of the molecule is CN1Cc2c(ccc(-c3ccncn3)c2O)C(c2ccc3occc3c2)C1. The zero-order valence-corrected chi connectivity index (χ0v) is 15.0. The monoisotopic (exact) mass is 357 g/mol. The molecule has 5 nitrogen and oxygen atoms in total. The third-order valence-electron chi connectivity index (χ3n) is 5.35. The molecule has 2 aromatic heterocycles. The van der Waals surface area contributed by atoms with Crippen molar-refractivity contribution in [3.05, 3.63) is 77.9 Å². The molecule has 3 heterocycles. The molecule has 4 aromatic rings. The fraction of sp³-hybridized carbons (Fsp3) is 0.182. The summed E-state index contributed by atoms with van der Waals surface area (Å²) in [5.74, 6) is 0.510. The van der Waals surface area contributed by atoms with Gasteiger partial charge in [-0.25, -0.2) is 9.97 Å². The molecule has 134 valence electrons. The van der Waals surface area contributed by atoms with E-state index < -0.39 is 0 Å². The second-order valence-electron chi connectivity index (χ2n) is 7.09. The molecule has 0 aliphatic carbocycles. The van der Waals surface area contributed by atoms with Crippen molar-refractivity contribution < 1.29 is 9.52 Å². The number of phenols is 1. The molecule has 1 N–H and O–H groups in total. The quantitative estimate of drug-likeness (QED) is 0.583. The van der Waals surface area contributed by atoms with Gasteiger partial charge in [0.15, 0.2) is 0 Å². The number of likely N-dealkylation sites (N-methyl/N-ethyl adjacent to an activating group) is 1. The van der Waals surface area contributed by atoms with Crippen LogP contribution in [0.15, 0.2) is 65.7 Å². The third-order valence-corrected chi connectivity index (χ3v) is 5.35. The lowest BCUT2D eigenvalue weighted by molar-refractivity contribution is 0.288. The van der Waals surface area contributed by atoms with Crippen LogP contribution in [0.2, 0.25) is 0 Å². The zero-order valence-electron chi connectivity index (χ0n) is 15.0. The van der Waals surface area contributed by atoms with Crippen LogP contribution in [-0.2, 0) is 6.54 Å². The van der Waals surface area contributed by atoms with Gasteiger partial charge in [-0.3, -0.25) is 0 Å². The van der Waals surface area contributed by atoms with Crippen molar-refractivity contribution in [1.82, 2.24) is 14.9 Å². The second-order valence-corrected chi connectivity index (χ2v) is 7.09. The standard InChI is InChI=1S/C22H19N3O2/c1-25-11-18(14-2-5-21-15(10-14)7-9-27-21)16-3-4-17(22(26)19(16)12-25)20-6-8-23-13-24-20/h2-10,13,18,26H,11-12H2,1H3. The predicted molar refractivity (Wildman–Crippen MR) is 104 cm³/mol. The molecule has 0 radical (unpaired) electrons. The average Bonchev–Trinajstić information content (AvgIpc) is 3.17. The second kappa shape index (κ2) is 6.21. The van der Waals surface area contributed by atoms with Gasteiger partial charge in [0.1, 0.15) is 17.7 Å². The van der Waals surface area contributed by atoms with Crippen LogP contribution in [0.1, 0.15) is 22.6 Å². The summed E-state index contributed by atoms with van der Waals surface area (Å²) >= 11 is 0. The topological polar surface area (TPSA) is 62.4 Å². The molecule has 0 saturated carbocycles. The Morgan fingerprint density at radius 3 is 2.93 bits per heavy atom. The lowest BCUT2D eigenvalue weighted by atomic mass is 9.83. The van der Waals surface area contributed by atoms with Crippen LogP contribution < -0.4 is 0 Å². The van der Waals surface area contributed by atoms with Crippen LogP contribution in [0.25, 0.3) is 22.2 Å². The number of hydrogen-bond donors (Lipinski definition) is 1. The molecule has 5 heteroatoms. The number of rotatable bonds is 2. The number of aromatic hydroxyl groups is 1. The molecule has 5 rings (SSSR count). The molecule has 0 amide bonds. The minimum Gasteiger partial charge on any atom is -0.507 e. The Balaban J connectivity index is 1.64. The van der Waals surface area contributed by atoms with Crippen LogP contribution in [0.5, 0.6) is 5.75 Å². The maximum Gasteiger partial charge on any atom is 0.133 e. The summed E-state index contributed by atoms with van der Waals surface area (Å²) in [6, 6.07) is 14.2. The Kier molecular flexibility index (Phi) is 3.69. The highest BCUT2D eigenvalue weighted by Crippen LogP contribution is 2.41. The minimum absolute atomic E-state index is 0.198. The maximum atomic E-state index is 11.0. The van der Waals surface area contributed by atoms with Crippen LogP contribution in [0.3, 0.4) is 0 Å². The van der Waals surface area contributed by atoms with Gasteiger partial charge in [-0.1, -0.05) is 12.1 Å². The first-order valence-electron chi connectivity index (χ1n) is 8.97. The molecule has 0 fully saturated rings. The number of furan rings is 1. The molecule has 2 aromatic carbocycles. The van der Waals surface area contributed by atoms with Crippen molar-refractivity contribution in [1.29, 1.82) is 0 Å². The Labute approximate surface area is 156 Å². The lowest BCUT2D eigenvalue weighted by Gasteiger charge is -2.33. The van der Waals surface area contributed by atoms with E-state index in [1.807, 2.05) is 24.3 Å². The van der Waals surface area contributed by atoms with Crippen LogP contribution >= 0.6 is 0 Å². The van der Waals surface area contributed by atoms with Gasteiger partial charge in [-0.2, -0.15) is 0 Å². The molecule has 1 aliphatic rings. The molecule has 0 saturated heterocycles. The molecule has 27 heavy (non-hydrogen) atoms. The Morgan fingerprint density at radius 2 is 2.07 bits per heavy atom. The van der Waals surface area contributed by atoms with Crippen LogP contribution in [0, 0.1) is 0 Å². The number of benzene rings is 2. The predicted octanol–water partition coefficient (Wildman–Crippen LogP) is 4.17. The lowest BCUT2D eigenvalue weighted by Crippen LogP contribution is -2.31. The minimum atomic E-state index is 0.198. The van der Waals surface area contributed by atoms with Gasteiger partial charge >= 0.3 is 0 Å². The summed E-state index contributed by atoms with van der Waals surface area (Å²) in [6.45, 7) is 1.62. The normalized spacial score (nSPS) is 17.1. The first kappa shape index (κ1) is 16.0.